The first-order valence-corrected chi connectivity index (χ1v) is 8.79. The number of phenolic OH excluding ortho intramolecular Hbond substituents is 1. The van der Waals surface area contributed by atoms with Crippen LogP contribution in [0.5, 0.6) is 5.75 Å². The fraction of sp³-hybridized carbons (Fsp3) is 0.429. The number of hydrogen-bond donors (Lipinski definition) is 1. The van der Waals surface area contributed by atoms with Gasteiger partial charge in [-0.25, -0.2) is 0 Å². The number of fused-ring (bicyclic) bond motifs is 3. The molecule has 0 radical (unpaired) electrons. The van der Waals surface area contributed by atoms with Gasteiger partial charge in [-0.2, -0.15) is 0 Å². The van der Waals surface area contributed by atoms with Gasteiger partial charge in [0.25, 0.3) is 0 Å². The molecular weight excluding hydrogens is 318 g/mol. The molecule has 3 heteroatoms. The highest BCUT2D eigenvalue weighted by Gasteiger charge is 2.43. The molecule has 1 saturated heterocycles. The lowest BCUT2D eigenvalue weighted by Gasteiger charge is -2.37. The Labute approximate surface area is 150 Å². The fourth-order valence-electron chi connectivity index (χ4n) is 4.69. The molecule has 0 amide bonds. The van der Waals surface area contributed by atoms with E-state index in [-0.39, 0.29) is 12.4 Å². The van der Waals surface area contributed by atoms with Crippen molar-refractivity contribution in [3.63, 3.8) is 0 Å². The van der Waals surface area contributed by atoms with Crippen LogP contribution in [0.15, 0.2) is 42.5 Å². The number of aromatic hydroxyl groups is 1. The molecule has 0 aromatic heterocycles. The van der Waals surface area contributed by atoms with Crippen LogP contribution >= 0.6 is 12.4 Å². The summed E-state index contributed by atoms with van der Waals surface area (Å²) in [6.45, 7) is 8.00. The Balaban J connectivity index is 0.00000169. The average molecular weight is 344 g/mol. The van der Waals surface area contributed by atoms with Crippen LogP contribution in [-0.2, 0) is 0 Å². The number of hydrogen-bond acceptors (Lipinski definition) is 2. The van der Waals surface area contributed by atoms with Crippen LogP contribution in [0.25, 0.3) is 0 Å². The number of nitrogens with zero attached hydrogens (tertiary/aromatic N) is 1. The van der Waals surface area contributed by atoms with Crippen LogP contribution in [0, 0.1) is 12.8 Å². The topological polar surface area (TPSA) is 23.5 Å². The third-order valence-electron chi connectivity index (χ3n) is 5.85. The molecule has 1 fully saturated rings. The van der Waals surface area contributed by atoms with Crippen LogP contribution in [0.1, 0.15) is 47.4 Å². The maximum atomic E-state index is 9.63. The van der Waals surface area contributed by atoms with Gasteiger partial charge in [0.15, 0.2) is 0 Å². The van der Waals surface area contributed by atoms with E-state index in [1.54, 1.807) is 5.56 Å². The molecule has 4 rings (SSSR count). The van der Waals surface area contributed by atoms with E-state index in [2.05, 4.69) is 49.1 Å². The molecule has 1 aliphatic carbocycles. The van der Waals surface area contributed by atoms with E-state index in [0.717, 1.165) is 6.54 Å². The van der Waals surface area contributed by atoms with Crippen molar-refractivity contribution >= 4 is 12.4 Å². The van der Waals surface area contributed by atoms with E-state index in [1.807, 2.05) is 12.1 Å². The van der Waals surface area contributed by atoms with Gasteiger partial charge in [-0.1, -0.05) is 42.8 Å². The molecule has 1 heterocycles. The zero-order valence-electron chi connectivity index (χ0n) is 14.4. The molecule has 2 aliphatic rings. The molecule has 3 atom stereocenters. The number of phenols is 1. The summed E-state index contributed by atoms with van der Waals surface area (Å²) in [5.41, 5.74) is 5.77. The first-order valence-electron chi connectivity index (χ1n) is 8.79. The minimum atomic E-state index is 0. The smallest absolute Gasteiger partial charge is 0.115 e. The van der Waals surface area contributed by atoms with Crippen molar-refractivity contribution < 1.29 is 5.11 Å². The summed E-state index contributed by atoms with van der Waals surface area (Å²) in [4.78, 5) is 2.59. The third-order valence-corrected chi connectivity index (χ3v) is 5.85. The number of likely N-dealkylation sites (N-methyl/N-ethyl adjacent to an activating group) is 1. The Morgan fingerprint density at radius 1 is 1.08 bits per heavy atom. The minimum Gasteiger partial charge on any atom is -0.508 e. The normalized spacial score (nSPS) is 25.7. The van der Waals surface area contributed by atoms with Gasteiger partial charge in [0, 0.05) is 18.4 Å². The van der Waals surface area contributed by atoms with Crippen LogP contribution in [-0.4, -0.2) is 29.6 Å². The number of benzene rings is 2. The Kier molecular flexibility index (Phi) is 4.89. The summed E-state index contributed by atoms with van der Waals surface area (Å²) < 4.78 is 0. The largest absolute Gasteiger partial charge is 0.508 e. The summed E-state index contributed by atoms with van der Waals surface area (Å²) in [7, 11) is 0. The van der Waals surface area contributed by atoms with Crippen LogP contribution in [0.3, 0.4) is 0 Å². The SMILES string of the molecule is CCN1CC[C@H]2[C@H](c3ccc(O)cc3)c3cc(C)ccc3[C@H]2C1.Cl. The third kappa shape index (κ3) is 2.82. The van der Waals surface area contributed by atoms with Crippen molar-refractivity contribution in [1.29, 1.82) is 0 Å². The van der Waals surface area contributed by atoms with E-state index in [1.165, 1.54) is 36.2 Å². The molecule has 0 bridgehead atoms. The molecule has 1 N–H and O–H groups in total. The molecule has 2 aromatic rings. The molecule has 0 saturated carbocycles. The maximum absolute atomic E-state index is 9.63. The Morgan fingerprint density at radius 2 is 1.83 bits per heavy atom. The fourth-order valence-corrected chi connectivity index (χ4v) is 4.69. The van der Waals surface area contributed by atoms with Crippen molar-refractivity contribution in [3.8, 4) is 5.75 Å². The quantitative estimate of drug-likeness (QED) is 0.854. The Morgan fingerprint density at radius 3 is 2.54 bits per heavy atom. The molecule has 2 aromatic carbocycles. The van der Waals surface area contributed by atoms with E-state index < -0.39 is 0 Å². The van der Waals surface area contributed by atoms with Crippen molar-refractivity contribution in [2.45, 2.75) is 32.1 Å². The standard InChI is InChI=1S/C21H25NO.ClH/c1-3-22-11-10-18-20(13-22)17-9-4-14(2)12-19(17)21(18)15-5-7-16(23)8-6-15;/h4-9,12,18,20-21,23H,3,10-11,13H2,1-2H3;1H/t18-,20-,21+;/m1./s1. The van der Waals surface area contributed by atoms with Crippen molar-refractivity contribution in [3.05, 3.63) is 64.7 Å². The number of piperidine rings is 1. The molecular formula is C21H26ClNO. The lowest BCUT2D eigenvalue weighted by Crippen LogP contribution is -2.38. The average Bonchev–Trinajstić information content (AvgIpc) is 2.88. The molecule has 2 nitrogen and oxygen atoms in total. The number of rotatable bonds is 2. The van der Waals surface area contributed by atoms with Gasteiger partial charge in [0.2, 0.25) is 0 Å². The predicted molar refractivity (Wildman–Crippen MR) is 101 cm³/mol. The van der Waals surface area contributed by atoms with E-state index in [0.29, 0.717) is 23.5 Å². The van der Waals surface area contributed by atoms with Crippen molar-refractivity contribution in [1.82, 2.24) is 4.90 Å². The first kappa shape index (κ1) is 17.3. The van der Waals surface area contributed by atoms with Crippen LogP contribution in [0.4, 0.5) is 0 Å². The van der Waals surface area contributed by atoms with E-state index >= 15 is 0 Å². The lowest BCUT2D eigenvalue weighted by molar-refractivity contribution is 0.167. The minimum absolute atomic E-state index is 0. The van der Waals surface area contributed by atoms with Gasteiger partial charge < -0.3 is 10.0 Å². The Bertz CT molecular complexity index is 712. The second kappa shape index (κ2) is 6.78. The Hall–Kier alpha value is -1.51. The lowest BCUT2D eigenvalue weighted by atomic mass is 9.78. The van der Waals surface area contributed by atoms with Crippen molar-refractivity contribution in [2.24, 2.45) is 5.92 Å². The molecule has 0 spiro atoms. The summed E-state index contributed by atoms with van der Waals surface area (Å²) in [5, 5.41) is 9.63. The van der Waals surface area contributed by atoms with E-state index in [4.69, 9.17) is 0 Å². The van der Waals surface area contributed by atoms with Gasteiger partial charge in [-0.3, -0.25) is 0 Å². The maximum Gasteiger partial charge on any atom is 0.115 e. The second-order valence-corrected chi connectivity index (χ2v) is 7.15. The van der Waals surface area contributed by atoms with Gasteiger partial charge >= 0.3 is 0 Å². The zero-order chi connectivity index (χ0) is 16.0. The predicted octanol–water partition coefficient (Wildman–Crippen LogP) is 4.69. The zero-order valence-corrected chi connectivity index (χ0v) is 15.2. The summed E-state index contributed by atoms with van der Waals surface area (Å²) in [5.74, 6) is 2.18. The van der Waals surface area contributed by atoms with Gasteiger partial charge in [-0.05, 0) is 61.2 Å². The molecule has 128 valence electrons. The number of aryl methyl sites for hydroxylation is 1. The highest BCUT2D eigenvalue weighted by atomic mass is 35.5. The van der Waals surface area contributed by atoms with Crippen LogP contribution in [0.2, 0.25) is 0 Å². The second-order valence-electron chi connectivity index (χ2n) is 7.15. The van der Waals surface area contributed by atoms with E-state index in [9.17, 15) is 5.11 Å². The van der Waals surface area contributed by atoms with Crippen LogP contribution < -0.4 is 0 Å². The molecule has 24 heavy (non-hydrogen) atoms. The summed E-state index contributed by atoms with van der Waals surface area (Å²) in [6, 6.07) is 14.9. The first-order chi connectivity index (χ1) is 11.2. The summed E-state index contributed by atoms with van der Waals surface area (Å²) >= 11 is 0. The van der Waals surface area contributed by atoms with Gasteiger partial charge in [0.1, 0.15) is 5.75 Å². The molecule has 1 aliphatic heterocycles. The monoisotopic (exact) mass is 343 g/mol. The highest BCUT2D eigenvalue weighted by molar-refractivity contribution is 5.85. The number of likely N-dealkylation sites (tertiary alicyclic amines) is 1. The summed E-state index contributed by atoms with van der Waals surface area (Å²) in [6.07, 6.45) is 1.26. The highest BCUT2D eigenvalue weighted by Crippen LogP contribution is 2.53. The van der Waals surface area contributed by atoms with Gasteiger partial charge in [-0.15, -0.1) is 12.4 Å². The number of halogens is 1. The van der Waals surface area contributed by atoms with Gasteiger partial charge in [0.05, 0.1) is 0 Å². The van der Waals surface area contributed by atoms with Crippen molar-refractivity contribution in [2.75, 3.05) is 19.6 Å². The molecule has 0 unspecified atom stereocenters.